The fourth-order valence-electron chi connectivity index (χ4n) is 2.63. The Balaban J connectivity index is 1.47. The third-order valence-electron chi connectivity index (χ3n) is 4.01. The molecular weight excluding hydrogens is 444 g/mol. The highest BCUT2D eigenvalue weighted by Gasteiger charge is 2.17. The summed E-state index contributed by atoms with van der Waals surface area (Å²) in [6.45, 7) is 0.549. The van der Waals surface area contributed by atoms with Gasteiger partial charge in [0, 0.05) is 22.8 Å². The maximum atomic E-state index is 12.5. The molecule has 0 aliphatic heterocycles. The molecule has 4 rings (SSSR count). The van der Waals surface area contributed by atoms with Crippen LogP contribution in [0.4, 0.5) is 5.82 Å². The van der Waals surface area contributed by atoms with Gasteiger partial charge in [-0.2, -0.15) is 5.10 Å². The summed E-state index contributed by atoms with van der Waals surface area (Å²) in [5.41, 5.74) is 2.07. The lowest BCUT2D eigenvalue weighted by molar-refractivity contribution is 0.101. The third-order valence-corrected chi connectivity index (χ3v) is 4.84. The summed E-state index contributed by atoms with van der Waals surface area (Å²) in [7, 11) is 0. The highest BCUT2D eigenvalue weighted by atomic mass is 79.9. The van der Waals surface area contributed by atoms with E-state index in [1.54, 1.807) is 16.9 Å². The maximum absolute atomic E-state index is 12.5. The van der Waals surface area contributed by atoms with Crippen LogP contribution in [0.25, 0.3) is 11.3 Å². The van der Waals surface area contributed by atoms with E-state index in [1.165, 1.54) is 0 Å². The molecule has 0 saturated heterocycles. The van der Waals surface area contributed by atoms with Crippen LogP contribution in [-0.4, -0.2) is 20.8 Å². The van der Waals surface area contributed by atoms with Gasteiger partial charge in [0.1, 0.15) is 0 Å². The highest BCUT2D eigenvalue weighted by Crippen LogP contribution is 2.23. The smallest absolute Gasteiger partial charge is 0.279 e. The molecule has 0 unspecified atom stereocenters. The number of carbonyl (C=O) groups is 1. The largest absolute Gasteiger partial charge is 0.355 e. The van der Waals surface area contributed by atoms with E-state index in [0.717, 1.165) is 11.1 Å². The zero-order valence-electron chi connectivity index (χ0n) is 14.5. The molecule has 0 bridgehead atoms. The molecule has 0 aliphatic carbocycles. The van der Waals surface area contributed by atoms with Crippen molar-refractivity contribution in [1.82, 2.24) is 14.9 Å². The summed E-state index contributed by atoms with van der Waals surface area (Å²) in [5, 5.41) is 11.7. The van der Waals surface area contributed by atoms with Crippen LogP contribution in [-0.2, 0) is 6.54 Å². The molecule has 0 radical (unpaired) electrons. The number of amides is 1. The minimum absolute atomic E-state index is 0.179. The van der Waals surface area contributed by atoms with Gasteiger partial charge in [0.2, 0.25) is 0 Å². The van der Waals surface area contributed by atoms with Crippen LogP contribution >= 0.6 is 27.5 Å². The summed E-state index contributed by atoms with van der Waals surface area (Å²) < 4.78 is 7.67. The number of aromatic nitrogens is 3. The van der Waals surface area contributed by atoms with Crippen LogP contribution in [0.15, 0.2) is 75.9 Å². The molecule has 0 saturated carbocycles. The van der Waals surface area contributed by atoms with Crippen LogP contribution in [0.3, 0.4) is 0 Å². The average molecular weight is 458 g/mol. The Labute approximate surface area is 174 Å². The first-order chi connectivity index (χ1) is 13.6. The van der Waals surface area contributed by atoms with Crippen molar-refractivity contribution >= 4 is 39.3 Å². The molecule has 8 heteroatoms. The van der Waals surface area contributed by atoms with Crippen molar-refractivity contribution in [3.05, 3.63) is 87.6 Å². The van der Waals surface area contributed by atoms with Gasteiger partial charge in [-0.15, -0.1) is 0 Å². The zero-order valence-corrected chi connectivity index (χ0v) is 16.8. The second-order valence-corrected chi connectivity index (χ2v) is 7.34. The van der Waals surface area contributed by atoms with Crippen LogP contribution in [0.2, 0.25) is 5.02 Å². The van der Waals surface area contributed by atoms with Gasteiger partial charge in [0.15, 0.2) is 17.3 Å². The Hall–Kier alpha value is -2.90. The van der Waals surface area contributed by atoms with Gasteiger partial charge in [-0.25, -0.2) is 0 Å². The van der Waals surface area contributed by atoms with Gasteiger partial charge >= 0.3 is 0 Å². The highest BCUT2D eigenvalue weighted by molar-refractivity contribution is 9.10. The van der Waals surface area contributed by atoms with Gasteiger partial charge in [-0.1, -0.05) is 59.2 Å². The van der Waals surface area contributed by atoms with E-state index in [4.69, 9.17) is 16.1 Å². The Morgan fingerprint density at radius 2 is 1.89 bits per heavy atom. The molecule has 1 N–H and O–H groups in total. The van der Waals surface area contributed by atoms with E-state index in [1.807, 2.05) is 54.6 Å². The van der Waals surface area contributed by atoms with Crippen molar-refractivity contribution in [3.8, 4) is 11.3 Å². The molecule has 0 aliphatic rings. The van der Waals surface area contributed by atoms with Gasteiger partial charge in [-0.05, 0) is 33.6 Å². The second-order valence-electron chi connectivity index (χ2n) is 6.05. The predicted molar refractivity (Wildman–Crippen MR) is 110 cm³/mol. The van der Waals surface area contributed by atoms with E-state index >= 15 is 0 Å². The van der Waals surface area contributed by atoms with E-state index in [-0.39, 0.29) is 5.69 Å². The molecule has 0 fully saturated rings. The number of hydrogen-bond donors (Lipinski definition) is 1. The number of benzene rings is 2. The van der Waals surface area contributed by atoms with Crippen molar-refractivity contribution in [2.45, 2.75) is 6.54 Å². The summed E-state index contributed by atoms with van der Waals surface area (Å²) in [6.07, 6.45) is 1.79. The SMILES string of the molecule is O=C(Nc1nn(Cc2ccc(Cl)cc2)cc1Br)c1cc(-c2ccccc2)on1. The lowest BCUT2D eigenvalue weighted by atomic mass is 10.1. The number of rotatable bonds is 5. The number of carbonyl (C=O) groups excluding carboxylic acids is 1. The topological polar surface area (TPSA) is 73.0 Å². The third kappa shape index (κ3) is 4.16. The van der Waals surface area contributed by atoms with Crippen LogP contribution in [0.5, 0.6) is 0 Å². The van der Waals surface area contributed by atoms with Crippen LogP contribution in [0.1, 0.15) is 16.1 Å². The molecule has 2 aromatic carbocycles. The first kappa shape index (κ1) is 18.5. The summed E-state index contributed by atoms with van der Waals surface area (Å²) in [5.74, 6) is 0.532. The fourth-order valence-corrected chi connectivity index (χ4v) is 3.17. The van der Waals surface area contributed by atoms with Crippen LogP contribution in [0, 0.1) is 0 Å². The summed E-state index contributed by atoms with van der Waals surface area (Å²) in [6, 6.07) is 18.6. The van der Waals surface area contributed by atoms with E-state index in [2.05, 4.69) is 31.5 Å². The summed E-state index contributed by atoms with van der Waals surface area (Å²) >= 11 is 9.33. The number of nitrogens with zero attached hydrogens (tertiary/aromatic N) is 3. The molecule has 0 spiro atoms. The molecule has 0 atom stereocenters. The predicted octanol–water partition coefficient (Wildman–Crippen LogP) is 5.25. The van der Waals surface area contributed by atoms with Gasteiger partial charge in [0.05, 0.1) is 11.0 Å². The molecule has 2 aromatic heterocycles. The van der Waals surface area contributed by atoms with Crippen molar-refractivity contribution in [3.63, 3.8) is 0 Å². The molecule has 1 amide bonds. The molecular formula is C20H14BrClN4O2. The Morgan fingerprint density at radius 1 is 1.14 bits per heavy atom. The monoisotopic (exact) mass is 456 g/mol. The lowest BCUT2D eigenvalue weighted by Gasteiger charge is -2.02. The van der Waals surface area contributed by atoms with Crippen molar-refractivity contribution in [2.24, 2.45) is 0 Å². The first-order valence-electron chi connectivity index (χ1n) is 8.39. The van der Waals surface area contributed by atoms with Gasteiger partial charge in [-0.3, -0.25) is 9.48 Å². The Bertz CT molecular complexity index is 1110. The van der Waals surface area contributed by atoms with Crippen molar-refractivity contribution in [2.75, 3.05) is 5.32 Å². The Kier molecular flexibility index (Phi) is 5.27. The van der Waals surface area contributed by atoms with E-state index in [9.17, 15) is 4.79 Å². The second kappa shape index (κ2) is 8.00. The zero-order chi connectivity index (χ0) is 19.5. The lowest BCUT2D eigenvalue weighted by Crippen LogP contribution is -2.13. The average Bonchev–Trinajstić information content (AvgIpc) is 3.32. The molecule has 2 heterocycles. The summed E-state index contributed by atoms with van der Waals surface area (Å²) in [4.78, 5) is 12.5. The number of anilines is 1. The fraction of sp³-hybridized carbons (Fsp3) is 0.0500. The number of hydrogen-bond acceptors (Lipinski definition) is 4. The molecule has 28 heavy (non-hydrogen) atoms. The van der Waals surface area contributed by atoms with Crippen molar-refractivity contribution in [1.29, 1.82) is 0 Å². The van der Waals surface area contributed by atoms with Crippen molar-refractivity contribution < 1.29 is 9.32 Å². The Morgan fingerprint density at radius 3 is 2.64 bits per heavy atom. The van der Waals surface area contributed by atoms with E-state index < -0.39 is 5.91 Å². The molecule has 4 aromatic rings. The standard InChI is InChI=1S/C20H14BrClN4O2/c21-16-12-26(11-13-6-8-15(22)9-7-13)24-19(16)23-20(27)17-10-18(28-25-17)14-4-2-1-3-5-14/h1-10,12H,11H2,(H,23,24,27). The van der Waals surface area contributed by atoms with E-state index in [0.29, 0.717) is 27.6 Å². The quantitative estimate of drug-likeness (QED) is 0.444. The minimum atomic E-state index is -0.400. The number of nitrogens with one attached hydrogen (secondary N) is 1. The molecule has 140 valence electrons. The molecule has 6 nitrogen and oxygen atoms in total. The first-order valence-corrected chi connectivity index (χ1v) is 9.56. The minimum Gasteiger partial charge on any atom is -0.355 e. The van der Waals surface area contributed by atoms with Crippen LogP contribution < -0.4 is 5.32 Å². The normalized spacial score (nSPS) is 10.8. The maximum Gasteiger partial charge on any atom is 0.279 e. The van der Waals surface area contributed by atoms with Gasteiger partial charge in [0.25, 0.3) is 5.91 Å². The van der Waals surface area contributed by atoms with Gasteiger partial charge < -0.3 is 9.84 Å². The number of halogens is 2.